The number of rotatable bonds is 1. The molecule has 2 N–H and O–H groups in total. The number of aromatic hydroxyl groups is 1. The number of hydrogen-bond acceptors (Lipinski definition) is 3. The summed E-state index contributed by atoms with van der Waals surface area (Å²) in [6, 6.07) is 1.44. The monoisotopic (exact) mass is 125 g/mol. The molecule has 0 atom stereocenters. The predicted octanol–water partition coefficient (Wildman–Crippen LogP) is 0.279. The van der Waals surface area contributed by atoms with Crippen molar-refractivity contribution < 1.29 is 10.2 Å². The number of pyridine rings is 1. The van der Waals surface area contributed by atoms with Crippen LogP contribution in [-0.2, 0) is 6.61 Å². The minimum atomic E-state index is -0.167. The van der Waals surface area contributed by atoms with Gasteiger partial charge in [-0.15, -0.1) is 0 Å². The van der Waals surface area contributed by atoms with Crippen molar-refractivity contribution in [1.82, 2.24) is 4.98 Å². The molecule has 0 radical (unpaired) electrons. The summed E-state index contributed by atoms with van der Waals surface area (Å²) in [5.74, 6) is 0.0903. The molecule has 48 valence electrons. The van der Waals surface area contributed by atoms with Crippen LogP contribution in [0.15, 0.2) is 18.5 Å². The minimum absolute atomic E-state index is 0.0903. The summed E-state index contributed by atoms with van der Waals surface area (Å²) < 4.78 is 0. The van der Waals surface area contributed by atoms with E-state index in [9.17, 15) is 0 Å². The van der Waals surface area contributed by atoms with E-state index in [0.717, 1.165) is 0 Å². The van der Waals surface area contributed by atoms with E-state index >= 15 is 0 Å². The minimum Gasteiger partial charge on any atom is -0.507 e. The van der Waals surface area contributed by atoms with Crippen molar-refractivity contribution in [2.24, 2.45) is 0 Å². The maximum absolute atomic E-state index is 8.91. The molecule has 0 saturated heterocycles. The van der Waals surface area contributed by atoms with Gasteiger partial charge in [0.15, 0.2) is 0 Å². The molecule has 0 aliphatic heterocycles. The van der Waals surface area contributed by atoms with E-state index in [0.29, 0.717) is 5.56 Å². The SMILES string of the molecule is OCc1cnccc1O. The summed E-state index contributed by atoms with van der Waals surface area (Å²) in [7, 11) is 0. The van der Waals surface area contributed by atoms with Crippen molar-refractivity contribution in [3.05, 3.63) is 24.0 Å². The van der Waals surface area contributed by atoms with Gasteiger partial charge in [0.2, 0.25) is 0 Å². The molecule has 1 aromatic heterocycles. The van der Waals surface area contributed by atoms with E-state index in [1.807, 2.05) is 0 Å². The average Bonchev–Trinajstić information content (AvgIpc) is 1.89. The van der Waals surface area contributed by atoms with Gasteiger partial charge in [-0.25, -0.2) is 0 Å². The number of aromatic nitrogens is 1. The van der Waals surface area contributed by atoms with E-state index in [1.165, 1.54) is 18.5 Å². The average molecular weight is 125 g/mol. The predicted molar refractivity (Wildman–Crippen MR) is 31.8 cm³/mol. The van der Waals surface area contributed by atoms with Crippen LogP contribution in [0, 0.1) is 0 Å². The maximum Gasteiger partial charge on any atom is 0.124 e. The quantitative estimate of drug-likeness (QED) is 0.566. The fourth-order valence-electron chi connectivity index (χ4n) is 0.542. The number of aliphatic hydroxyl groups excluding tert-OH is 1. The first-order chi connectivity index (χ1) is 4.34. The fourth-order valence-corrected chi connectivity index (χ4v) is 0.542. The highest BCUT2D eigenvalue weighted by Gasteiger charge is 1.94. The molecule has 0 saturated carbocycles. The largest absolute Gasteiger partial charge is 0.507 e. The number of aliphatic hydroxyl groups is 1. The Morgan fingerprint density at radius 2 is 2.33 bits per heavy atom. The Balaban J connectivity index is 3.01. The Morgan fingerprint density at radius 3 is 2.78 bits per heavy atom. The van der Waals surface area contributed by atoms with Crippen molar-refractivity contribution in [2.75, 3.05) is 0 Å². The topological polar surface area (TPSA) is 53.4 Å². The Bertz CT molecular complexity index is 200. The van der Waals surface area contributed by atoms with Gasteiger partial charge in [0.25, 0.3) is 0 Å². The molecule has 1 heterocycles. The molecule has 0 spiro atoms. The van der Waals surface area contributed by atoms with E-state index in [4.69, 9.17) is 10.2 Å². The molecule has 0 amide bonds. The molecular formula is C6H7NO2. The number of hydrogen-bond donors (Lipinski definition) is 2. The van der Waals surface area contributed by atoms with Crippen LogP contribution in [0.25, 0.3) is 0 Å². The lowest BCUT2D eigenvalue weighted by Gasteiger charge is -1.95. The summed E-state index contributed by atoms with van der Waals surface area (Å²) in [5, 5.41) is 17.4. The first-order valence-electron chi connectivity index (χ1n) is 2.57. The third kappa shape index (κ3) is 1.17. The van der Waals surface area contributed by atoms with Gasteiger partial charge in [0.05, 0.1) is 6.61 Å². The second-order valence-corrected chi connectivity index (χ2v) is 1.66. The highest BCUT2D eigenvalue weighted by atomic mass is 16.3. The van der Waals surface area contributed by atoms with Crippen LogP contribution in [0.3, 0.4) is 0 Å². The molecule has 0 bridgehead atoms. The summed E-state index contributed by atoms with van der Waals surface area (Å²) in [5.41, 5.74) is 0.456. The van der Waals surface area contributed by atoms with Gasteiger partial charge >= 0.3 is 0 Å². The van der Waals surface area contributed by atoms with Crippen molar-refractivity contribution in [2.45, 2.75) is 6.61 Å². The lowest BCUT2D eigenvalue weighted by atomic mass is 10.3. The summed E-state index contributed by atoms with van der Waals surface area (Å²) >= 11 is 0. The number of nitrogens with zero attached hydrogens (tertiary/aromatic N) is 1. The Kier molecular flexibility index (Phi) is 1.65. The maximum atomic E-state index is 8.91. The van der Waals surface area contributed by atoms with Gasteiger partial charge in [-0.2, -0.15) is 0 Å². The third-order valence-corrected chi connectivity index (χ3v) is 1.05. The van der Waals surface area contributed by atoms with Gasteiger partial charge in [-0.3, -0.25) is 4.98 Å². The van der Waals surface area contributed by atoms with Crippen LogP contribution in [0.5, 0.6) is 5.75 Å². The Morgan fingerprint density at radius 1 is 1.56 bits per heavy atom. The third-order valence-electron chi connectivity index (χ3n) is 1.05. The zero-order chi connectivity index (χ0) is 6.69. The van der Waals surface area contributed by atoms with Crippen LogP contribution in [0.2, 0.25) is 0 Å². The van der Waals surface area contributed by atoms with E-state index < -0.39 is 0 Å². The van der Waals surface area contributed by atoms with E-state index in [-0.39, 0.29) is 12.4 Å². The van der Waals surface area contributed by atoms with E-state index in [2.05, 4.69) is 4.98 Å². The molecule has 3 nitrogen and oxygen atoms in total. The molecule has 1 rings (SSSR count). The van der Waals surface area contributed by atoms with E-state index in [1.54, 1.807) is 0 Å². The molecule has 0 unspecified atom stereocenters. The zero-order valence-electron chi connectivity index (χ0n) is 4.78. The summed E-state index contributed by atoms with van der Waals surface area (Å²) in [6.07, 6.45) is 2.89. The molecule has 0 aliphatic rings. The molecule has 0 fully saturated rings. The molecule has 1 aromatic rings. The van der Waals surface area contributed by atoms with Crippen LogP contribution >= 0.6 is 0 Å². The Labute approximate surface area is 52.6 Å². The van der Waals surface area contributed by atoms with Crippen molar-refractivity contribution in [3.8, 4) is 5.75 Å². The summed E-state index contributed by atoms with van der Waals surface area (Å²) in [6.45, 7) is -0.167. The van der Waals surface area contributed by atoms with Crippen molar-refractivity contribution >= 4 is 0 Å². The van der Waals surface area contributed by atoms with Crippen LogP contribution < -0.4 is 0 Å². The van der Waals surface area contributed by atoms with Gasteiger partial charge in [0.1, 0.15) is 5.75 Å². The normalized spacial score (nSPS) is 9.44. The first-order valence-corrected chi connectivity index (χ1v) is 2.57. The lowest BCUT2D eigenvalue weighted by Crippen LogP contribution is -1.83. The molecule has 3 heteroatoms. The molecule has 0 aliphatic carbocycles. The van der Waals surface area contributed by atoms with Crippen LogP contribution in [0.1, 0.15) is 5.56 Å². The summed E-state index contributed by atoms with van der Waals surface area (Å²) in [4.78, 5) is 3.70. The van der Waals surface area contributed by atoms with Crippen molar-refractivity contribution in [1.29, 1.82) is 0 Å². The second-order valence-electron chi connectivity index (χ2n) is 1.66. The fraction of sp³-hybridized carbons (Fsp3) is 0.167. The van der Waals surface area contributed by atoms with Crippen LogP contribution in [0.4, 0.5) is 0 Å². The van der Waals surface area contributed by atoms with Gasteiger partial charge < -0.3 is 10.2 Å². The first kappa shape index (κ1) is 6.04. The zero-order valence-corrected chi connectivity index (χ0v) is 4.78. The van der Waals surface area contributed by atoms with Gasteiger partial charge in [-0.1, -0.05) is 0 Å². The standard InChI is InChI=1S/C6H7NO2/c8-4-5-3-7-2-1-6(5)9/h1-3,8H,4H2,(H,7,9). The van der Waals surface area contributed by atoms with Gasteiger partial charge in [-0.05, 0) is 6.07 Å². The Hall–Kier alpha value is -1.09. The van der Waals surface area contributed by atoms with Crippen LogP contribution in [-0.4, -0.2) is 15.2 Å². The highest BCUT2D eigenvalue weighted by molar-refractivity contribution is 5.27. The lowest BCUT2D eigenvalue weighted by molar-refractivity contribution is 0.275. The molecular weight excluding hydrogens is 118 g/mol. The molecule has 9 heavy (non-hydrogen) atoms. The smallest absolute Gasteiger partial charge is 0.124 e. The van der Waals surface area contributed by atoms with Gasteiger partial charge in [0, 0.05) is 18.0 Å². The second kappa shape index (κ2) is 2.46. The molecule has 0 aromatic carbocycles. The highest BCUT2D eigenvalue weighted by Crippen LogP contribution is 2.12. The van der Waals surface area contributed by atoms with Crippen molar-refractivity contribution in [3.63, 3.8) is 0 Å².